The molecule has 0 aromatic carbocycles. The van der Waals surface area contributed by atoms with Crippen LogP contribution in [0.5, 0.6) is 0 Å². The maximum absolute atomic E-state index is 10.4. The topological polar surface area (TPSA) is 72.6 Å². The number of nitro groups is 1. The van der Waals surface area contributed by atoms with Crippen LogP contribution in [0.15, 0.2) is 0 Å². The number of ether oxygens (including phenoxy) is 1. The molecule has 0 rings (SSSR count). The Bertz CT molecular complexity index is 223. The van der Waals surface area contributed by atoms with Gasteiger partial charge < -0.3 is 9.84 Å². The molecule has 0 aliphatic heterocycles. The average Bonchev–Trinajstić information content (AvgIpc) is 2.19. The molecular formula is C9H16Cl3NO4. The van der Waals surface area contributed by atoms with E-state index in [0.29, 0.717) is 6.61 Å². The first-order valence-electron chi connectivity index (χ1n) is 5.29. The van der Waals surface area contributed by atoms with Crippen molar-refractivity contribution in [3.05, 3.63) is 10.1 Å². The first-order chi connectivity index (χ1) is 7.88. The normalized spacial score (nSPS) is 13.6. The predicted molar refractivity (Wildman–Crippen MR) is 67.4 cm³/mol. The van der Waals surface area contributed by atoms with Crippen molar-refractivity contribution < 1.29 is 14.8 Å². The van der Waals surface area contributed by atoms with Gasteiger partial charge in [-0.15, -0.1) is 0 Å². The number of hydrogen-bond acceptors (Lipinski definition) is 4. The Balaban J connectivity index is 3.81. The van der Waals surface area contributed by atoms with Gasteiger partial charge in [0.25, 0.3) is 0 Å². The van der Waals surface area contributed by atoms with Crippen molar-refractivity contribution in [2.75, 3.05) is 19.8 Å². The Morgan fingerprint density at radius 2 is 1.82 bits per heavy atom. The second kappa shape index (κ2) is 9.16. The summed E-state index contributed by atoms with van der Waals surface area (Å²) in [6.45, 7) is -0.0655. The van der Waals surface area contributed by atoms with E-state index in [4.69, 9.17) is 44.6 Å². The van der Waals surface area contributed by atoms with Crippen LogP contribution in [0.3, 0.4) is 0 Å². The van der Waals surface area contributed by atoms with Gasteiger partial charge in [-0.1, -0.05) is 47.6 Å². The molecule has 0 amide bonds. The standard InChI is InChI=1S/C9H16Cl3NO4/c10-9(11,12)8(7-13(15)16)17-6-4-2-1-3-5-14/h8,14H,1-7H2. The van der Waals surface area contributed by atoms with Crippen LogP contribution in [-0.4, -0.2) is 39.7 Å². The van der Waals surface area contributed by atoms with Crippen LogP contribution in [0.1, 0.15) is 25.7 Å². The number of halogens is 3. The fraction of sp³-hybridized carbons (Fsp3) is 1.00. The van der Waals surface area contributed by atoms with Gasteiger partial charge in [-0.25, -0.2) is 0 Å². The van der Waals surface area contributed by atoms with Gasteiger partial charge in [0.15, 0.2) is 6.10 Å². The highest BCUT2D eigenvalue weighted by Gasteiger charge is 2.37. The Hall–Kier alpha value is 0.190. The van der Waals surface area contributed by atoms with Crippen molar-refractivity contribution in [1.29, 1.82) is 0 Å². The molecule has 0 spiro atoms. The third-order valence-corrected chi connectivity index (χ3v) is 2.78. The number of rotatable bonds is 9. The van der Waals surface area contributed by atoms with Gasteiger partial charge in [-0.2, -0.15) is 0 Å². The van der Waals surface area contributed by atoms with Crippen molar-refractivity contribution in [2.24, 2.45) is 0 Å². The Kier molecular flexibility index (Phi) is 9.27. The van der Waals surface area contributed by atoms with Gasteiger partial charge in [-0.05, 0) is 12.8 Å². The van der Waals surface area contributed by atoms with E-state index in [-0.39, 0.29) is 6.61 Å². The smallest absolute Gasteiger partial charge is 0.233 e. The molecule has 0 aliphatic carbocycles. The monoisotopic (exact) mass is 307 g/mol. The fourth-order valence-corrected chi connectivity index (χ4v) is 1.58. The molecule has 0 radical (unpaired) electrons. The lowest BCUT2D eigenvalue weighted by molar-refractivity contribution is -0.491. The van der Waals surface area contributed by atoms with E-state index in [1.54, 1.807) is 0 Å². The summed E-state index contributed by atoms with van der Waals surface area (Å²) in [6, 6.07) is 0. The zero-order chi connectivity index (χ0) is 13.3. The molecule has 8 heteroatoms. The van der Waals surface area contributed by atoms with E-state index < -0.39 is 21.4 Å². The molecule has 0 aliphatic rings. The van der Waals surface area contributed by atoms with Crippen LogP contribution in [0, 0.1) is 10.1 Å². The largest absolute Gasteiger partial charge is 0.396 e. The minimum atomic E-state index is -1.79. The molecule has 0 aromatic rings. The molecule has 1 unspecified atom stereocenters. The van der Waals surface area contributed by atoms with Crippen LogP contribution in [0.25, 0.3) is 0 Å². The minimum absolute atomic E-state index is 0.166. The summed E-state index contributed by atoms with van der Waals surface area (Å²) in [5, 5.41) is 18.9. The van der Waals surface area contributed by atoms with Crippen molar-refractivity contribution in [1.82, 2.24) is 0 Å². The summed E-state index contributed by atoms with van der Waals surface area (Å²) in [6.07, 6.45) is 2.16. The van der Waals surface area contributed by atoms with Gasteiger partial charge >= 0.3 is 0 Å². The van der Waals surface area contributed by atoms with Crippen molar-refractivity contribution in [3.8, 4) is 0 Å². The highest BCUT2D eigenvalue weighted by Crippen LogP contribution is 2.32. The molecule has 5 nitrogen and oxygen atoms in total. The molecule has 102 valence electrons. The van der Waals surface area contributed by atoms with Crippen molar-refractivity contribution >= 4 is 34.8 Å². The quantitative estimate of drug-likeness (QED) is 0.307. The lowest BCUT2D eigenvalue weighted by Gasteiger charge is -2.21. The molecule has 1 N–H and O–H groups in total. The lowest BCUT2D eigenvalue weighted by atomic mass is 10.2. The van der Waals surface area contributed by atoms with E-state index in [1.807, 2.05) is 0 Å². The summed E-state index contributed by atoms with van der Waals surface area (Å²) in [4.78, 5) is 9.78. The summed E-state index contributed by atoms with van der Waals surface area (Å²) < 4.78 is 3.40. The summed E-state index contributed by atoms with van der Waals surface area (Å²) >= 11 is 16.7. The maximum Gasteiger partial charge on any atom is 0.233 e. The zero-order valence-corrected chi connectivity index (χ0v) is 11.5. The van der Waals surface area contributed by atoms with Crippen LogP contribution in [0.2, 0.25) is 0 Å². The van der Waals surface area contributed by atoms with E-state index in [1.165, 1.54) is 0 Å². The molecule has 0 heterocycles. The molecule has 0 saturated carbocycles. The van der Waals surface area contributed by atoms with E-state index in [0.717, 1.165) is 25.7 Å². The Labute approximate surface area is 115 Å². The first kappa shape index (κ1) is 17.2. The van der Waals surface area contributed by atoms with Crippen LogP contribution < -0.4 is 0 Å². The number of hydrogen-bond donors (Lipinski definition) is 1. The Morgan fingerprint density at radius 3 is 2.29 bits per heavy atom. The third-order valence-electron chi connectivity index (χ3n) is 2.05. The highest BCUT2D eigenvalue weighted by atomic mass is 35.6. The molecule has 0 bridgehead atoms. The molecular weight excluding hydrogens is 292 g/mol. The van der Waals surface area contributed by atoms with Crippen LogP contribution >= 0.6 is 34.8 Å². The molecule has 0 fully saturated rings. The maximum atomic E-state index is 10.4. The van der Waals surface area contributed by atoms with Crippen LogP contribution in [0.4, 0.5) is 0 Å². The zero-order valence-electron chi connectivity index (χ0n) is 9.28. The summed E-state index contributed by atoms with van der Waals surface area (Å²) in [5.74, 6) is 0. The average molecular weight is 309 g/mol. The third kappa shape index (κ3) is 9.85. The summed E-state index contributed by atoms with van der Waals surface area (Å²) in [5.41, 5.74) is 0. The summed E-state index contributed by atoms with van der Waals surface area (Å²) in [7, 11) is 0. The number of alkyl halides is 3. The number of unbranched alkanes of at least 4 members (excludes halogenated alkanes) is 3. The number of aliphatic hydroxyl groups is 1. The Morgan fingerprint density at radius 1 is 1.24 bits per heavy atom. The number of nitrogens with zero attached hydrogens (tertiary/aromatic N) is 1. The van der Waals surface area contributed by atoms with E-state index in [2.05, 4.69) is 0 Å². The molecule has 0 aromatic heterocycles. The lowest BCUT2D eigenvalue weighted by Crippen LogP contribution is -2.35. The van der Waals surface area contributed by atoms with Gasteiger partial charge in [0.05, 0.1) is 0 Å². The van der Waals surface area contributed by atoms with Crippen LogP contribution in [-0.2, 0) is 4.74 Å². The number of aliphatic hydroxyl groups excluding tert-OH is 1. The van der Waals surface area contributed by atoms with Gasteiger partial charge in [-0.3, -0.25) is 10.1 Å². The SMILES string of the molecule is O=[N+]([O-])CC(OCCCCCCO)C(Cl)(Cl)Cl. The molecule has 0 saturated heterocycles. The fourth-order valence-electron chi connectivity index (χ4n) is 1.18. The second-order valence-electron chi connectivity index (χ2n) is 3.55. The molecule has 1 atom stereocenters. The van der Waals surface area contributed by atoms with Crippen molar-refractivity contribution in [2.45, 2.75) is 35.6 Å². The predicted octanol–water partition coefficient (Wildman–Crippen LogP) is 2.57. The van der Waals surface area contributed by atoms with Gasteiger partial charge in [0, 0.05) is 18.1 Å². The van der Waals surface area contributed by atoms with E-state index >= 15 is 0 Å². The first-order valence-corrected chi connectivity index (χ1v) is 6.42. The van der Waals surface area contributed by atoms with Gasteiger partial charge in [0.2, 0.25) is 10.3 Å². The molecule has 17 heavy (non-hydrogen) atoms. The highest BCUT2D eigenvalue weighted by molar-refractivity contribution is 6.68. The van der Waals surface area contributed by atoms with Gasteiger partial charge in [0.1, 0.15) is 0 Å². The van der Waals surface area contributed by atoms with E-state index in [9.17, 15) is 10.1 Å². The second-order valence-corrected chi connectivity index (χ2v) is 5.92. The minimum Gasteiger partial charge on any atom is -0.396 e. The van der Waals surface area contributed by atoms with Crippen molar-refractivity contribution in [3.63, 3.8) is 0 Å².